The molecule has 0 saturated carbocycles. The van der Waals surface area contributed by atoms with Gasteiger partial charge in [-0.25, -0.2) is 0 Å². The average Bonchev–Trinajstić information content (AvgIpc) is 3.10. The van der Waals surface area contributed by atoms with Crippen LogP contribution in [-0.4, -0.2) is 35.6 Å². The summed E-state index contributed by atoms with van der Waals surface area (Å²) in [6.07, 6.45) is 47.3. The molecule has 0 rings (SSSR count). The number of aliphatic carboxylic acids is 1. The van der Waals surface area contributed by atoms with Gasteiger partial charge in [0, 0.05) is 12.8 Å². The summed E-state index contributed by atoms with van der Waals surface area (Å²) >= 11 is 0. The molecule has 0 aliphatic rings. The fourth-order valence-electron chi connectivity index (χ4n) is 6.43. The fourth-order valence-corrected chi connectivity index (χ4v) is 6.43. The van der Waals surface area contributed by atoms with Gasteiger partial charge in [-0.3, -0.25) is 14.4 Å². The van der Waals surface area contributed by atoms with E-state index in [0.717, 1.165) is 70.6 Å². The predicted octanol–water partition coefficient (Wildman–Crippen LogP) is 13.1. The number of esters is 1. The summed E-state index contributed by atoms with van der Waals surface area (Å²) < 4.78 is 6.02. The lowest BCUT2D eigenvalue weighted by Gasteiger charge is -2.18. The number of carbonyl (C=O) groups excluding carboxylic acids is 2. The molecule has 0 fully saturated rings. The van der Waals surface area contributed by atoms with E-state index in [0.29, 0.717) is 12.8 Å². The molecule has 0 heterocycles. The number of rotatable bonds is 39. The summed E-state index contributed by atoms with van der Waals surface area (Å²) in [5, 5.41) is 11.1. The molecule has 6 nitrogen and oxygen atoms in total. The number of nitrogens with one attached hydrogen (secondary N) is 1. The Morgan fingerprint density at radius 2 is 0.920 bits per heavy atom. The number of allylic oxidation sites excluding steroid dienone is 4. The zero-order chi connectivity index (χ0) is 36.6. The molecule has 1 atom stereocenters. The van der Waals surface area contributed by atoms with Crippen LogP contribution in [0.1, 0.15) is 226 Å². The number of hydrogen-bond acceptors (Lipinski definition) is 4. The van der Waals surface area contributed by atoms with Crippen LogP contribution in [0.5, 0.6) is 0 Å². The van der Waals surface area contributed by atoms with E-state index in [1.165, 1.54) is 128 Å². The lowest BCUT2D eigenvalue weighted by atomic mass is 10.0. The van der Waals surface area contributed by atoms with E-state index in [4.69, 9.17) is 9.84 Å². The summed E-state index contributed by atoms with van der Waals surface area (Å²) in [6, 6.07) is 0. The quantitative estimate of drug-likeness (QED) is 0.0378. The number of ether oxygens (including phenoxy) is 1. The summed E-state index contributed by atoms with van der Waals surface area (Å²) in [6.45, 7) is 4.20. The third-order valence-electron chi connectivity index (χ3n) is 9.63. The second kappa shape index (κ2) is 39.7. The van der Waals surface area contributed by atoms with Crippen molar-refractivity contribution in [2.75, 3.05) is 6.54 Å². The number of hydrogen-bond donors (Lipinski definition) is 2. The van der Waals surface area contributed by atoms with E-state index in [-0.39, 0.29) is 24.5 Å². The molecule has 0 spiro atoms. The first-order chi connectivity index (χ1) is 24.5. The Kier molecular flexibility index (Phi) is 38.0. The molecule has 0 bridgehead atoms. The van der Waals surface area contributed by atoms with Crippen molar-refractivity contribution < 1.29 is 24.2 Å². The third kappa shape index (κ3) is 38.7. The summed E-state index contributed by atoms with van der Waals surface area (Å²) in [5.41, 5.74) is 0. The van der Waals surface area contributed by atoms with Gasteiger partial charge in [-0.1, -0.05) is 167 Å². The summed E-state index contributed by atoms with van der Waals surface area (Å²) in [4.78, 5) is 35.0. The van der Waals surface area contributed by atoms with Gasteiger partial charge in [-0.2, -0.15) is 0 Å². The number of carboxylic acid groups (broad SMARTS) is 1. The Morgan fingerprint density at radius 3 is 1.42 bits per heavy atom. The Morgan fingerprint density at radius 1 is 0.520 bits per heavy atom. The predicted molar refractivity (Wildman–Crippen MR) is 213 cm³/mol. The molecule has 1 unspecified atom stereocenters. The number of amides is 1. The number of unbranched alkanes of at least 4 members (excludes halogenated alkanes) is 24. The number of carbonyl (C=O) groups is 3. The molecule has 0 aromatic carbocycles. The summed E-state index contributed by atoms with van der Waals surface area (Å²) in [5.74, 6) is -1.23. The van der Waals surface area contributed by atoms with Gasteiger partial charge in [0.25, 0.3) is 0 Å². The Hall–Kier alpha value is -2.11. The van der Waals surface area contributed by atoms with Gasteiger partial charge in [0.1, 0.15) is 12.6 Å². The van der Waals surface area contributed by atoms with Crippen LogP contribution in [0.3, 0.4) is 0 Å². The number of carboxylic acids is 1. The molecule has 0 aliphatic heterocycles. The van der Waals surface area contributed by atoms with Crippen LogP contribution in [0.15, 0.2) is 24.3 Å². The SMILES string of the molecule is CCCCC/C=C\C/C=C\CCCCCCCCCCCC(=O)OC(CCCCCCCCCCC)CCCCCCCC(=O)NCC(=O)O. The van der Waals surface area contributed by atoms with E-state index >= 15 is 0 Å². The van der Waals surface area contributed by atoms with E-state index in [1.807, 2.05) is 0 Å². The molecular formula is C44H81NO5. The monoisotopic (exact) mass is 704 g/mol. The molecular weight excluding hydrogens is 622 g/mol. The van der Waals surface area contributed by atoms with Crippen LogP contribution in [0, 0.1) is 0 Å². The Balaban J connectivity index is 4.04. The average molecular weight is 704 g/mol. The van der Waals surface area contributed by atoms with Crippen LogP contribution >= 0.6 is 0 Å². The first kappa shape index (κ1) is 47.9. The molecule has 1 amide bonds. The van der Waals surface area contributed by atoms with Crippen LogP contribution in [-0.2, 0) is 19.1 Å². The van der Waals surface area contributed by atoms with Crippen LogP contribution < -0.4 is 5.32 Å². The van der Waals surface area contributed by atoms with Crippen molar-refractivity contribution in [3.63, 3.8) is 0 Å². The normalized spacial score (nSPS) is 12.2. The maximum absolute atomic E-state index is 12.7. The van der Waals surface area contributed by atoms with Gasteiger partial charge in [0.2, 0.25) is 5.91 Å². The van der Waals surface area contributed by atoms with Crippen LogP contribution in [0.4, 0.5) is 0 Å². The lowest BCUT2D eigenvalue weighted by molar-refractivity contribution is -0.150. The minimum Gasteiger partial charge on any atom is -0.480 e. The highest BCUT2D eigenvalue weighted by atomic mass is 16.5. The molecule has 0 saturated heterocycles. The molecule has 50 heavy (non-hydrogen) atoms. The molecule has 0 aliphatic carbocycles. The van der Waals surface area contributed by atoms with Crippen molar-refractivity contribution >= 4 is 17.8 Å². The van der Waals surface area contributed by atoms with Gasteiger partial charge >= 0.3 is 11.9 Å². The fraction of sp³-hybridized carbons (Fsp3) is 0.841. The summed E-state index contributed by atoms with van der Waals surface area (Å²) in [7, 11) is 0. The third-order valence-corrected chi connectivity index (χ3v) is 9.63. The maximum Gasteiger partial charge on any atom is 0.322 e. The zero-order valence-corrected chi connectivity index (χ0v) is 33.0. The highest BCUT2D eigenvalue weighted by molar-refractivity contribution is 5.80. The van der Waals surface area contributed by atoms with Gasteiger partial charge in [0.05, 0.1) is 0 Å². The first-order valence-electron chi connectivity index (χ1n) is 21.5. The van der Waals surface area contributed by atoms with Gasteiger partial charge < -0.3 is 15.2 Å². The van der Waals surface area contributed by atoms with Crippen LogP contribution in [0.25, 0.3) is 0 Å². The molecule has 0 aromatic heterocycles. The van der Waals surface area contributed by atoms with Crippen molar-refractivity contribution in [3.05, 3.63) is 24.3 Å². The second-order valence-corrected chi connectivity index (χ2v) is 14.6. The van der Waals surface area contributed by atoms with Crippen LogP contribution in [0.2, 0.25) is 0 Å². The topological polar surface area (TPSA) is 92.7 Å². The van der Waals surface area contributed by atoms with E-state index in [9.17, 15) is 14.4 Å². The molecule has 6 heteroatoms. The zero-order valence-electron chi connectivity index (χ0n) is 33.0. The van der Waals surface area contributed by atoms with Crippen molar-refractivity contribution in [2.45, 2.75) is 232 Å². The van der Waals surface area contributed by atoms with Gasteiger partial charge in [0.15, 0.2) is 0 Å². The van der Waals surface area contributed by atoms with E-state index < -0.39 is 5.97 Å². The van der Waals surface area contributed by atoms with Crippen molar-refractivity contribution in [1.29, 1.82) is 0 Å². The molecule has 0 aromatic rings. The minimum atomic E-state index is -1.01. The first-order valence-corrected chi connectivity index (χ1v) is 21.5. The second-order valence-electron chi connectivity index (χ2n) is 14.6. The highest BCUT2D eigenvalue weighted by Gasteiger charge is 2.14. The highest BCUT2D eigenvalue weighted by Crippen LogP contribution is 2.19. The standard InChI is InChI=1S/C44H81NO5/c1-3-5-7-9-11-13-14-15-16-17-18-19-20-21-22-24-26-31-35-39-44(49)50-41(36-32-28-25-23-12-10-8-6-4-2)37-33-29-27-30-34-38-42(46)45-40-43(47)48/h11,13,15-16,41H,3-10,12,14,17-40H2,1-2H3,(H,45,46)(H,47,48)/b13-11-,16-15-. The Labute approximate surface area is 309 Å². The maximum atomic E-state index is 12.7. The largest absolute Gasteiger partial charge is 0.480 e. The Bertz CT molecular complexity index is 823. The van der Waals surface area contributed by atoms with Crippen molar-refractivity contribution in [1.82, 2.24) is 5.32 Å². The van der Waals surface area contributed by atoms with E-state index in [1.54, 1.807) is 0 Å². The smallest absolute Gasteiger partial charge is 0.322 e. The van der Waals surface area contributed by atoms with Crippen molar-refractivity contribution in [3.8, 4) is 0 Å². The molecule has 2 N–H and O–H groups in total. The van der Waals surface area contributed by atoms with Gasteiger partial charge in [-0.05, 0) is 70.6 Å². The van der Waals surface area contributed by atoms with Crippen molar-refractivity contribution in [2.24, 2.45) is 0 Å². The molecule has 292 valence electrons. The van der Waals surface area contributed by atoms with Gasteiger partial charge in [-0.15, -0.1) is 0 Å². The lowest BCUT2D eigenvalue weighted by Crippen LogP contribution is -2.28. The van der Waals surface area contributed by atoms with E-state index in [2.05, 4.69) is 43.5 Å². The molecule has 0 radical (unpaired) electrons. The minimum absolute atomic E-state index is 0.0182.